The molecule has 0 atom stereocenters. The summed E-state index contributed by atoms with van der Waals surface area (Å²) in [6, 6.07) is 0. The normalized spacial score (nSPS) is 11.6. The fourth-order valence-electron chi connectivity index (χ4n) is 1.38. The molecule has 0 aromatic heterocycles. The first kappa shape index (κ1) is 18.7. The van der Waals surface area contributed by atoms with Crippen LogP contribution in [-0.4, -0.2) is 63.2 Å². The molecule has 2 N–H and O–H groups in total. The van der Waals surface area contributed by atoms with Crippen LogP contribution in [0.3, 0.4) is 0 Å². The number of carbonyl (C=O) groups excluding carboxylic acids is 1. The van der Waals surface area contributed by atoms with Crippen molar-refractivity contribution in [2.75, 3.05) is 40.3 Å². The lowest BCUT2D eigenvalue weighted by Crippen LogP contribution is -2.38. The number of ether oxygens (including phenoxy) is 1. The van der Waals surface area contributed by atoms with E-state index in [4.69, 9.17) is 4.74 Å². The number of rotatable bonds is 9. The van der Waals surface area contributed by atoms with Crippen LogP contribution < -0.4 is 10.6 Å². The Hall–Kier alpha value is -1.30. The van der Waals surface area contributed by atoms with Crippen molar-refractivity contribution in [2.45, 2.75) is 39.7 Å². The number of unbranched alkanes of at least 4 members (excludes halogenated alkanes) is 1. The second kappa shape index (κ2) is 11.5. The average Bonchev–Trinajstić information content (AvgIpc) is 2.38. The third-order valence-electron chi connectivity index (χ3n) is 2.53. The van der Waals surface area contributed by atoms with E-state index in [9.17, 15) is 4.79 Å². The van der Waals surface area contributed by atoms with Gasteiger partial charge in [0.25, 0.3) is 0 Å². The Balaban J connectivity index is 3.90. The summed E-state index contributed by atoms with van der Waals surface area (Å²) < 4.78 is 5.48. The molecule has 0 rings (SSSR count). The van der Waals surface area contributed by atoms with E-state index in [-0.39, 0.29) is 12.5 Å². The molecule has 6 heteroatoms. The van der Waals surface area contributed by atoms with Gasteiger partial charge in [0.15, 0.2) is 5.96 Å². The highest BCUT2D eigenvalue weighted by atomic mass is 16.5. The van der Waals surface area contributed by atoms with Gasteiger partial charge in [0.1, 0.15) is 6.54 Å². The van der Waals surface area contributed by atoms with Crippen molar-refractivity contribution in [1.82, 2.24) is 15.5 Å². The molecule has 0 bridgehead atoms. The summed E-state index contributed by atoms with van der Waals surface area (Å²) in [6.45, 7) is 8.63. The molecule has 0 aliphatic carbocycles. The minimum absolute atomic E-state index is 0.00691. The molecule has 0 saturated heterocycles. The summed E-state index contributed by atoms with van der Waals surface area (Å²) in [5, 5.41) is 6.34. The van der Waals surface area contributed by atoms with E-state index in [1.165, 1.54) is 4.90 Å². The Kier molecular flexibility index (Phi) is 10.8. The summed E-state index contributed by atoms with van der Waals surface area (Å²) >= 11 is 0. The molecule has 0 unspecified atom stereocenters. The van der Waals surface area contributed by atoms with Gasteiger partial charge in [0.2, 0.25) is 5.91 Å². The Bertz CT molecular complexity index is 291. The number of carbonyl (C=O) groups is 1. The monoisotopic (exact) mass is 286 g/mol. The molecule has 0 aliphatic rings. The molecular weight excluding hydrogens is 256 g/mol. The zero-order chi connectivity index (χ0) is 15.4. The van der Waals surface area contributed by atoms with Crippen molar-refractivity contribution in [2.24, 2.45) is 4.99 Å². The maximum absolute atomic E-state index is 11.5. The fraction of sp³-hybridized carbons (Fsp3) is 0.857. The lowest BCUT2D eigenvalue weighted by Gasteiger charge is -2.13. The van der Waals surface area contributed by atoms with Crippen LogP contribution in [0.15, 0.2) is 4.99 Å². The van der Waals surface area contributed by atoms with Gasteiger partial charge in [-0.15, -0.1) is 0 Å². The van der Waals surface area contributed by atoms with Crippen LogP contribution in [0.2, 0.25) is 0 Å². The van der Waals surface area contributed by atoms with Crippen LogP contribution in [0.1, 0.15) is 33.6 Å². The summed E-state index contributed by atoms with van der Waals surface area (Å²) in [4.78, 5) is 17.3. The lowest BCUT2D eigenvalue weighted by molar-refractivity contribution is -0.127. The molecule has 0 aromatic carbocycles. The number of amides is 1. The van der Waals surface area contributed by atoms with E-state index in [1.54, 1.807) is 14.1 Å². The van der Waals surface area contributed by atoms with Crippen LogP contribution in [0, 0.1) is 0 Å². The largest absolute Gasteiger partial charge is 0.379 e. The van der Waals surface area contributed by atoms with Gasteiger partial charge in [-0.1, -0.05) is 0 Å². The first-order valence-corrected chi connectivity index (χ1v) is 7.31. The molecule has 118 valence electrons. The summed E-state index contributed by atoms with van der Waals surface area (Å²) in [5.41, 5.74) is 0. The Morgan fingerprint density at radius 1 is 1.25 bits per heavy atom. The number of likely N-dealkylation sites (N-methyl/N-ethyl adjacent to an activating group) is 1. The molecule has 0 aromatic rings. The Morgan fingerprint density at radius 2 is 1.95 bits per heavy atom. The van der Waals surface area contributed by atoms with Crippen molar-refractivity contribution < 1.29 is 9.53 Å². The third-order valence-corrected chi connectivity index (χ3v) is 2.53. The predicted molar refractivity (Wildman–Crippen MR) is 83.0 cm³/mol. The molecule has 6 nitrogen and oxygen atoms in total. The van der Waals surface area contributed by atoms with Gasteiger partial charge in [-0.25, -0.2) is 4.99 Å². The molecule has 0 spiro atoms. The van der Waals surface area contributed by atoms with Gasteiger partial charge >= 0.3 is 0 Å². The number of aliphatic imine (C=N–C) groups is 1. The number of hydrogen-bond donors (Lipinski definition) is 2. The quantitative estimate of drug-likeness (QED) is 0.374. The zero-order valence-electron chi connectivity index (χ0n) is 13.5. The summed E-state index contributed by atoms with van der Waals surface area (Å²) in [5.74, 6) is 0.681. The third kappa shape index (κ3) is 10.6. The van der Waals surface area contributed by atoms with Crippen LogP contribution in [-0.2, 0) is 9.53 Å². The molecule has 1 amide bonds. The van der Waals surface area contributed by atoms with Crippen molar-refractivity contribution in [3.63, 3.8) is 0 Å². The maximum atomic E-state index is 11.5. The van der Waals surface area contributed by atoms with Crippen molar-refractivity contribution in [3.05, 3.63) is 0 Å². The van der Waals surface area contributed by atoms with Crippen molar-refractivity contribution >= 4 is 11.9 Å². The number of guanidine groups is 1. The van der Waals surface area contributed by atoms with E-state index in [0.29, 0.717) is 12.1 Å². The number of nitrogens with zero attached hydrogens (tertiary/aromatic N) is 2. The van der Waals surface area contributed by atoms with Gasteiger partial charge in [-0.2, -0.15) is 0 Å². The van der Waals surface area contributed by atoms with E-state index in [1.807, 2.05) is 20.8 Å². The van der Waals surface area contributed by atoms with Crippen LogP contribution in [0.25, 0.3) is 0 Å². The molecular formula is C14H30N4O2. The Morgan fingerprint density at radius 3 is 2.50 bits per heavy atom. The minimum Gasteiger partial charge on any atom is -0.379 e. The van der Waals surface area contributed by atoms with Gasteiger partial charge in [0, 0.05) is 33.8 Å². The molecule has 0 radical (unpaired) electrons. The summed E-state index contributed by atoms with van der Waals surface area (Å²) in [7, 11) is 3.46. The summed E-state index contributed by atoms with van der Waals surface area (Å²) in [6.07, 6.45) is 2.32. The molecule has 0 saturated carbocycles. The second-order valence-electron chi connectivity index (χ2n) is 5.04. The fourth-order valence-corrected chi connectivity index (χ4v) is 1.38. The van der Waals surface area contributed by atoms with Crippen LogP contribution in [0.4, 0.5) is 0 Å². The lowest BCUT2D eigenvalue weighted by atomic mass is 10.3. The predicted octanol–water partition coefficient (Wildman–Crippen LogP) is 0.835. The van der Waals surface area contributed by atoms with Crippen molar-refractivity contribution in [1.29, 1.82) is 0 Å². The first-order valence-electron chi connectivity index (χ1n) is 7.31. The SMILES string of the molecule is CCNC(=NCC(=O)N(C)C)NCCCCOC(C)C. The van der Waals surface area contributed by atoms with E-state index in [2.05, 4.69) is 15.6 Å². The van der Waals surface area contributed by atoms with E-state index < -0.39 is 0 Å². The van der Waals surface area contributed by atoms with Crippen LogP contribution in [0.5, 0.6) is 0 Å². The molecule has 0 heterocycles. The minimum atomic E-state index is -0.00691. The average molecular weight is 286 g/mol. The van der Waals surface area contributed by atoms with Gasteiger partial charge in [0.05, 0.1) is 6.10 Å². The highest BCUT2D eigenvalue weighted by Gasteiger charge is 2.03. The highest BCUT2D eigenvalue weighted by Crippen LogP contribution is 1.93. The second-order valence-corrected chi connectivity index (χ2v) is 5.04. The van der Waals surface area contributed by atoms with E-state index >= 15 is 0 Å². The van der Waals surface area contributed by atoms with Crippen LogP contribution >= 0.6 is 0 Å². The van der Waals surface area contributed by atoms with Gasteiger partial charge in [-0.05, 0) is 33.6 Å². The smallest absolute Gasteiger partial charge is 0.243 e. The maximum Gasteiger partial charge on any atom is 0.243 e. The van der Waals surface area contributed by atoms with Gasteiger partial charge < -0.3 is 20.3 Å². The Labute approximate surface area is 123 Å². The zero-order valence-corrected chi connectivity index (χ0v) is 13.5. The van der Waals surface area contributed by atoms with E-state index in [0.717, 1.165) is 32.5 Å². The first-order chi connectivity index (χ1) is 9.47. The molecule has 20 heavy (non-hydrogen) atoms. The topological polar surface area (TPSA) is 66.0 Å². The molecule has 0 fully saturated rings. The highest BCUT2D eigenvalue weighted by molar-refractivity contribution is 5.84. The number of hydrogen-bond acceptors (Lipinski definition) is 3. The standard InChI is InChI=1S/C14H30N4O2/c1-6-15-14(17-11-13(19)18(4)5)16-9-7-8-10-20-12(2)3/h12H,6-11H2,1-5H3,(H2,15,16,17). The molecule has 0 aliphatic heterocycles. The van der Waals surface area contributed by atoms with Crippen molar-refractivity contribution in [3.8, 4) is 0 Å². The van der Waals surface area contributed by atoms with Gasteiger partial charge in [-0.3, -0.25) is 4.79 Å². The number of nitrogens with one attached hydrogen (secondary N) is 2.